The molecule has 1 aliphatic heterocycles. The van der Waals surface area contributed by atoms with E-state index in [-0.39, 0.29) is 23.0 Å². The van der Waals surface area contributed by atoms with Gasteiger partial charge in [-0.15, -0.1) is 0 Å². The maximum Gasteiger partial charge on any atom is 0.410 e. The van der Waals surface area contributed by atoms with Gasteiger partial charge in [-0.2, -0.15) is 18.3 Å². The van der Waals surface area contributed by atoms with Crippen LogP contribution in [0.3, 0.4) is 0 Å². The van der Waals surface area contributed by atoms with Crippen molar-refractivity contribution in [3.63, 3.8) is 0 Å². The Hall–Kier alpha value is -3.60. The van der Waals surface area contributed by atoms with Crippen LogP contribution in [-0.4, -0.2) is 27.0 Å². The number of carbonyl (C=O) groups excluding carboxylic acids is 1. The number of thiocarbonyl (C=S) groups is 1. The third-order valence-electron chi connectivity index (χ3n) is 5.99. The molecule has 4 rings (SSSR count). The summed E-state index contributed by atoms with van der Waals surface area (Å²) in [5.74, 6) is -0.282. The van der Waals surface area contributed by atoms with Crippen LogP contribution in [0.1, 0.15) is 65.4 Å². The van der Waals surface area contributed by atoms with E-state index in [0.29, 0.717) is 5.92 Å². The van der Waals surface area contributed by atoms with Gasteiger partial charge in [0.25, 0.3) is 5.91 Å². The lowest BCUT2D eigenvalue weighted by Crippen LogP contribution is -2.44. The van der Waals surface area contributed by atoms with Gasteiger partial charge >= 0.3 is 6.18 Å². The van der Waals surface area contributed by atoms with Crippen molar-refractivity contribution < 1.29 is 18.0 Å². The second kappa shape index (κ2) is 10.2. The van der Waals surface area contributed by atoms with Crippen molar-refractivity contribution in [3.8, 4) is 0 Å². The molecule has 2 atom stereocenters. The molecule has 0 radical (unpaired) electrons. The molecule has 1 aromatic heterocycles. The average Bonchev–Trinajstić information content (AvgIpc) is 3.25. The number of carbonyl (C=O) groups is 1. The quantitative estimate of drug-likeness (QED) is 0.267. The molecular formula is C25H27F3N6OS. The van der Waals surface area contributed by atoms with Gasteiger partial charge in [0.1, 0.15) is 5.82 Å². The molecule has 190 valence electrons. The zero-order valence-corrected chi connectivity index (χ0v) is 20.8. The minimum Gasteiger partial charge on any atom is -0.363 e. The van der Waals surface area contributed by atoms with Gasteiger partial charge in [0.2, 0.25) is 0 Å². The van der Waals surface area contributed by atoms with Crippen molar-refractivity contribution in [2.24, 2.45) is 0 Å². The van der Waals surface area contributed by atoms with Crippen LogP contribution in [0.4, 0.5) is 24.7 Å². The normalized spacial score (nSPS) is 17.2. The van der Waals surface area contributed by atoms with Crippen molar-refractivity contribution in [1.29, 1.82) is 0 Å². The Morgan fingerprint density at radius 3 is 2.50 bits per heavy atom. The van der Waals surface area contributed by atoms with Gasteiger partial charge in [0.05, 0.1) is 6.04 Å². The van der Waals surface area contributed by atoms with Gasteiger partial charge in [-0.25, -0.2) is 4.68 Å². The predicted octanol–water partition coefficient (Wildman–Crippen LogP) is 5.61. The van der Waals surface area contributed by atoms with Crippen LogP contribution in [0.25, 0.3) is 0 Å². The van der Waals surface area contributed by atoms with Crippen LogP contribution in [0.15, 0.2) is 54.6 Å². The molecule has 1 aliphatic rings. The number of halogens is 3. The third kappa shape index (κ3) is 5.78. The number of rotatable bonds is 4. The lowest BCUT2D eigenvalue weighted by Gasteiger charge is -2.33. The first-order valence-electron chi connectivity index (χ1n) is 11.5. The minimum absolute atomic E-state index is 0.118. The number of hydrogen-bond donors (Lipinski definition) is 4. The van der Waals surface area contributed by atoms with Crippen molar-refractivity contribution in [2.45, 2.75) is 51.4 Å². The number of aromatic nitrogens is 2. The summed E-state index contributed by atoms with van der Waals surface area (Å²) in [5.41, 5.74) is 8.35. The van der Waals surface area contributed by atoms with Crippen LogP contribution in [-0.2, 0) is 0 Å². The van der Waals surface area contributed by atoms with Gasteiger partial charge in [-0.3, -0.25) is 15.6 Å². The number of anilines is 2. The molecule has 0 spiro atoms. The van der Waals surface area contributed by atoms with Crippen molar-refractivity contribution in [1.82, 2.24) is 20.6 Å². The Balaban J connectivity index is 1.48. The van der Waals surface area contributed by atoms with Gasteiger partial charge < -0.3 is 10.6 Å². The van der Waals surface area contributed by atoms with Gasteiger partial charge in [-0.1, -0.05) is 50.2 Å². The number of alkyl halides is 3. The smallest absolute Gasteiger partial charge is 0.363 e. The maximum atomic E-state index is 14.0. The zero-order chi connectivity index (χ0) is 26.0. The molecule has 4 N–H and O–H groups in total. The monoisotopic (exact) mass is 516 g/mol. The SMILES string of the molecule is Cc1cccc(NC(=S)NNC(=O)c2cc3n(n2)[C@@H](C(F)(F)F)C[C@@H](c2ccc(C(C)C)cc2)N3)c1. The molecule has 0 bridgehead atoms. The fourth-order valence-electron chi connectivity index (χ4n) is 4.08. The summed E-state index contributed by atoms with van der Waals surface area (Å²) in [6, 6.07) is 13.8. The number of nitrogens with zero attached hydrogens (tertiary/aromatic N) is 2. The van der Waals surface area contributed by atoms with E-state index in [2.05, 4.69) is 40.4 Å². The highest BCUT2D eigenvalue weighted by molar-refractivity contribution is 7.80. The number of amides is 1. The molecule has 2 heterocycles. The molecule has 0 fully saturated rings. The first kappa shape index (κ1) is 25.5. The Kier molecular flexibility index (Phi) is 7.21. The Labute approximate surface area is 212 Å². The molecule has 11 heteroatoms. The van der Waals surface area contributed by atoms with Crippen LogP contribution in [0, 0.1) is 6.92 Å². The van der Waals surface area contributed by atoms with Gasteiger partial charge in [0, 0.05) is 18.2 Å². The van der Waals surface area contributed by atoms with E-state index in [9.17, 15) is 18.0 Å². The van der Waals surface area contributed by atoms with Crippen LogP contribution in [0.2, 0.25) is 0 Å². The summed E-state index contributed by atoms with van der Waals surface area (Å²) in [5, 5.41) is 10.1. The fraction of sp³-hybridized carbons (Fsp3) is 0.320. The molecular weight excluding hydrogens is 489 g/mol. The Morgan fingerprint density at radius 1 is 1.14 bits per heavy atom. The molecule has 36 heavy (non-hydrogen) atoms. The van der Waals surface area contributed by atoms with E-state index in [0.717, 1.165) is 27.1 Å². The number of benzene rings is 2. The highest BCUT2D eigenvalue weighted by Gasteiger charge is 2.46. The predicted molar refractivity (Wildman–Crippen MR) is 137 cm³/mol. The number of hydrazine groups is 1. The molecule has 0 aliphatic carbocycles. The van der Waals surface area contributed by atoms with E-state index in [1.54, 1.807) is 0 Å². The maximum absolute atomic E-state index is 14.0. The largest absolute Gasteiger partial charge is 0.410 e. The standard InChI is InChI=1S/C25H27F3N6OS/c1-14(2)16-7-9-17(10-8-16)19-12-21(25(26,27)28)34-22(30-19)13-20(33-34)23(35)31-32-24(36)29-18-6-4-5-15(3)11-18/h4-11,13-14,19,21,30H,12H2,1-3H3,(H,31,35)(H2,29,32,36)/t19-,21+/m0/s1. The Bertz CT molecular complexity index is 1260. The van der Waals surface area contributed by atoms with Gasteiger partial charge in [0.15, 0.2) is 16.8 Å². The molecule has 1 amide bonds. The first-order chi connectivity index (χ1) is 17.0. The number of aryl methyl sites for hydroxylation is 1. The highest BCUT2D eigenvalue weighted by atomic mass is 32.1. The van der Waals surface area contributed by atoms with E-state index < -0.39 is 24.2 Å². The second-order valence-corrected chi connectivity index (χ2v) is 9.48. The van der Waals surface area contributed by atoms with Crippen LogP contribution in [0.5, 0.6) is 0 Å². The molecule has 0 unspecified atom stereocenters. The average molecular weight is 517 g/mol. The topological polar surface area (TPSA) is 83.0 Å². The lowest BCUT2D eigenvalue weighted by atomic mass is 9.94. The number of hydrogen-bond acceptors (Lipinski definition) is 4. The third-order valence-corrected chi connectivity index (χ3v) is 6.20. The zero-order valence-electron chi connectivity index (χ0n) is 20.0. The number of nitrogens with one attached hydrogen (secondary N) is 4. The first-order valence-corrected chi connectivity index (χ1v) is 11.9. The summed E-state index contributed by atoms with van der Waals surface area (Å²) in [6.07, 6.45) is -4.78. The fourth-order valence-corrected chi connectivity index (χ4v) is 4.25. The number of fused-ring (bicyclic) bond motifs is 1. The van der Waals surface area contributed by atoms with E-state index in [1.165, 1.54) is 6.07 Å². The summed E-state index contributed by atoms with van der Waals surface area (Å²) in [7, 11) is 0. The van der Waals surface area contributed by atoms with E-state index >= 15 is 0 Å². The molecule has 7 nitrogen and oxygen atoms in total. The summed E-state index contributed by atoms with van der Waals surface area (Å²) < 4.78 is 42.7. The van der Waals surface area contributed by atoms with Crippen LogP contribution < -0.4 is 21.5 Å². The van der Waals surface area contributed by atoms with Crippen molar-refractivity contribution >= 4 is 34.7 Å². The molecule has 2 aromatic carbocycles. The van der Waals surface area contributed by atoms with Crippen molar-refractivity contribution in [2.75, 3.05) is 10.6 Å². The van der Waals surface area contributed by atoms with Gasteiger partial charge in [-0.05, 0) is 53.9 Å². The van der Waals surface area contributed by atoms with E-state index in [4.69, 9.17) is 12.2 Å². The van der Waals surface area contributed by atoms with Crippen LogP contribution >= 0.6 is 12.2 Å². The van der Waals surface area contributed by atoms with E-state index in [1.807, 2.05) is 55.5 Å². The molecule has 0 saturated heterocycles. The summed E-state index contributed by atoms with van der Waals surface area (Å²) in [4.78, 5) is 12.6. The minimum atomic E-state index is -4.54. The lowest BCUT2D eigenvalue weighted by molar-refractivity contribution is -0.173. The molecule has 3 aromatic rings. The Morgan fingerprint density at radius 2 is 1.86 bits per heavy atom. The second-order valence-electron chi connectivity index (χ2n) is 9.07. The van der Waals surface area contributed by atoms with Crippen molar-refractivity contribution in [3.05, 3.63) is 77.0 Å². The highest BCUT2D eigenvalue weighted by Crippen LogP contribution is 2.43. The summed E-state index contributed by atoms with van der Waals surface area (Å²) in [6.45, 7) is 6.04. The molecule has 0 saturated carbocycles. The summed E-state index contributed by atoms with van der Waals surface area (Å²) >= 11 is 5.17.